The highest BCUT2D eigenvalue weighted by molar-refractivity contribution is 6.03. The van der Waals surface area contributed by atoms with Crippen molar-refractivity contribution in [1.29, 1.82) is 0 Å². The van der Waals surface area contributed by atoms with Gasteiger partial charge in [0, 0.05) is 17.7 Å². The van der Waals surface area contributed by atoms with Crippen LogP contribution >= 0.6 is 0 Å². The maximum atomic E-state index is 12.6. The van der Waals surface area contributed by atoms with Gasteiger partial charge in [0.1, 0.15) is 5.76 Å². The van der Waals surface area contributed by atoms with E-state index in [-0.39, 0.29) is 11.3 Å². The van der Waals surface area contributed by atoms with Gasteiger partial charge in [-0.2, -0.15) is 0 Å². The predicted octanol–water partition coefficient (Wildman–Crippen LogP) is 4.64. The lowest BCUT2D eigenvalue weighted by atomic mass is 9.71. The van der Waals surface area contributed by atoms with E-state index < -0.39 is 0 Å². The van der Waals surface area contributed by atoms with Gasteiger partial charge in [-0.1, -0.05) is 45.0 Å². The molecule has 128 valence electrons. The van der Waals surface area contributed by atoms with E-state index in [9.17, 15) is 4.79 Å². The summed E-state index contributed by atoms with van der Waals surface area (Å²) in [6.45, 7) is 8.88. The van der Waals surface area contributed by atoms with E-state index in [1.165, 1.54) is 5.56 Å². The summed E-state index contributed by atoms with van der Waals surface area (Å²) in [4.78, 5) is 12.6. The maximum absolute atomic E-state index is 12.6. The van der Waals surface area contributed by atoms with Crippen LogP contribution < -0.4 is 5.32 Å². The molecule has 1 heterocycles. The number of benzene rings is 1. The van der Waals surface area contributed by atoms with Gasteiger partial charge < -0.3 is 9.84 Å². The van der Waals surface area contributed by atoms with Gasteiger partial charge in [0.2, 0.25) is 0 Å². The van der Waals surface area contributed by atoms with Gasteiger partial charge in [-0.15, -0.1) is 0 Å². The fourth-order valence-electron chi connectivity index (χ4n) is 3.34. The number of carbonyl (C=O) groups is 1. The number of hydrogen-bond donors (Lipinski definition) is 1. The van der Waals surface area contributed by atoms with Gasteiger partial charge in [0.25, 0.3) is 5.91 Å². The van der Waals surface area contributed by atoms with Crippen molar-refractivity contribution in [1.82, 2.24) is 5.16 Å². The summed E-state index contributed by atoms with van der Waals surface area (Å²) in [6.07, 6.45) is 3.80. The highest BCUT2D eigenvalue weighted by Crippen LogP contribution is 2.38. The smallest absolute Gasteiger partial charge is 0.278 e. The minimum absolute atomic E-state index is 0.182. The topological polar surface area (TPSA) is 55.1 Å². The Labute approximate surface area is 143 Å². The molecule has 0 unspecified atom stereocenters. The number of fused-ring (bicyclic) bond motifs is 1. The normalized spacial score (nSPS) is 17.4. The third-order valence-electron chi connectivity index (χ3n) is 5.10. The SMILES string of the molecule is CCc1ccc(NC(=O)c2noc3c2C[C@@H](C(C)(C)C)CC3)cc1. The van der Waals surface area contributed by atoms with Crippen LogP contribution in [-0.4, -0.2) is 11.1 Å². The van der Waals surface area contributed by atoms with Crippen LogP contribution in [0.4, 0.5) is 5.69 Å². The zero-order chi connectivity index (χ0) is 17.3. The Bertz CT molecular complexity index is 723. The molecule has 1 aromatic carbocycles. The molecule has 1 atom stereocenters. The fraction of sp³-hybridized carbons (Fsp3) is 0.500. The van der Waals surface area contributed by atoms with E-state index in [1.807, 2.05) is 24.3 Å². The highest BCUT2D eigenvalue weighted by Gasteiger charge is 2.34. The zero-order valence-electron chi connectivity index (χ0n) is 15.0. The zero-order valence-corrected chi connectivity index (χ0v) is 15.0. The molecule has 1 aliphatic carbocycles. The maximum Gasteiger partial charge on any atom is 0.278 e. The summed E-state index contributed by atoms with van der Waals surface area (Å²) < 4.78 is 5.43. The Kier molecular flexibility index (Phi) is 4.48. The molecular formula is C20H26N2O2. The first-order chi connectivity index (χ1) is 11.4. The summed E-state index contributed by atoms with van der Waals surface area (Å²) in [5, 5.41) is 6.99. The lowest BCUT2D eigenvalue weighted by Gasteiger charge is -2.33. The van der Waals surface area contributed by atoms with Gasteiger partial charge in [-0.3, -0.25) is 4.79 Å². The van der Waals surface area contributed by atoms with E-state index in [0.717, 1.165) is 42.7 Å². The summed E-state index contributed by atoms with van der Waals surface area (Å²) in [6, 6.07) is 7.93. The van der Waals surface area contributed by atoms with Gasteiger partial charge in [-0.05, 0) is 48.3 Å². The van der Waals surface area contributed by atoms with Crippen molar-refractivity contribution >= 4 is 11.6 Å². The first kappa shape index (κ1) is 16.7. The Balaban J connectivity index is 1.78. The second kappa shape index (κ2) is 6.42. The Morgan fingerprint density at radius 1 is 1.29 bits per heavy atom. The molecule has 0 fully saturated rings. The van der Waals surface area contributed by atoms with Crippen LogP contribution in [0, 0.1) is 11.3 Å². The van der Waals surface area contributed by atoms with Gasteiger partial charge >= 0.3 is 0 Å². The molecule has 0 spiro atoms. The lowest BCUT2D eigenvalue weighted by Crippen LogP contribution is -2.27. The van der Waals surface area contributed by atoms with E-state index in [4.69, 9.17) is 4.52 Å². The summed E-state index contributed by atoms with van der Waals surface area (Å²) in [5.74, 6) is 1.24. The molecule has 1 aliphatic rings. The number of aromatic nitrogens is 1. The van der Waals surface area contributed by atoms with Crippen molar-refractivity contribution in [3.8, 4) is 0 Å². The first-order valence-electron chi connectivity index (χ1n) is 8.76. The van der Waals surface area contributed by atoms with E-state index in [1.54, 1.807) is 0 Å². The predicted molar refractivity (Wildman–Crippen MR) is 95.2 cm³/mol. The van der Waals surface area contributed by atoms with Crippen molar-refractivity contribution < 1.29 is 9.32 Å². The van der Waals surface area contributed by atoms with Crippen LogP contribution in [0.25, 0.3) is 0 Å². The van der Waals surface area contributed by atoms with Crippen molar-refractivity contribution in [2.24, 2.45) is 11.3 Å². The number of nitrogens with zero attached hydrogens (tertiary/aromatic N) is 1. The number of aryl methyl sites for hydroxylation is 2. The van der Waals surface area contributed by atoms with Gasteiger partial charge in [-0.25, -0.2) is 0 Å². The number of hydrogen-bond acceptors (Lipinski definition) is 3. The summed E-state index contributed by atoms with van der Waals surface area (Å²) in [5.41, 5.74) is 3.69. The molecule has 1 N–H and O–H groups in total. The average molecular weight is 326 g/mol. The average Bonchev–Trinajstić information content (AvgIpc) is 2.98. The molecule has 1 aromatic heterocycles. The van der Waals surface area contributed by atoms with Crippen molar-refractivity contribution in [2.75, 3.05) is 5.32 Å². The van der Waals surface area contributed by atoms with Crippen LogP contribution in [0.3, 0.4) is 0 Å². The van der Waals surface area contributed by atoms with Crippen molar-refractivity contribution in [3.05, 3.63) is 46.8 Å². The lowest BCUT2D eigenvalue weighted by molar-refractivity contribution is 0.101. The summed E-state index contributed by atoms with van der Waals surface area (Å²) >= 11 is 0. The fourth-order valence-corrected chi connectivity index (χ4v) is 3.34. The monoisotopic (exact) mass is 326 g/mol. The molecule has 2 aromatic rings. The Morgan fingerprint density at radius 3 is 2.62 bits per heavy atom. The van der Waals surface area contributed by atoms with E-state index in [2.05, 4.69) is 38.2 Å². The molecule has 4 heteroatoms. The first-order valence-corrected chi connectivity index (χ1v) is 8.76. The minimum Gasteiger partial charge on any atom is -0.360 e. The number of amides is 1. The van der Waals surface area contributed by atoms with Crippen molar-refractivity contribution in [3.63, 3.8) is 0 Å². The number of nitrogens with one attached hydrogen (secondary N) is 1. The van der Waals surface area contributed by atoms with E-state index in [0.29, 0.717) is 11.6 Å². The third kappa shape index (κ3) is 3.37. The quantitative estimate of drug-likeness (QED) is 0.894. The highest BCUT2D eigenvalue weighted by atomic mass is 16.5. The molecule has 24 heavy (non-hydrogen) atoms. The third-order valence-corrected chi connectivity index (χ3v) is 5.10. The van der Waals surface area contributed by atoms with Crippen molar-refractivity contribution in [2.45, 2.75) is 53.4 Å². The minimum atomic E-state index is -0.182. The molecule has 0 aliphatic heterocycles. The van der Waals surface area contributed by atoms with Crippen LogP contribution in [-0.2, 0) is 19.3 Å². The van der Waals surface area contributed by atoms with E-state index >= 15 is 0 Å². The molecule has 1 amide bonds. The molecule has 4 nitrogen and oxygen atoms in total. The molecule has 0 saturated carbocycles. The molecule has 3 rings (SSSR count). The molecular weight excluding hydrogens is 300 g/mol. The van der Waals surface area contributed by atoms with Crippen LogP contribution in [0.1, 0.15) is 61.5 Å². The second-order valence-corrected chi connectivity index (χ2v) is 7.74. The number of anilines is 1. The number of carbonyl (C=O) groups excluding carboxylic acids is 1. The molecule has 0 saturated heterocycles. The largest absolute Gasteiger partial charge is 0.360 e. The summed E-state index contributed by atoms with van der Waals surface area (Å²) in [7, 11) is 0. The van der Waals surface area contributed by atoms with Gasteiger partial charge in [0.05, 0.1) is 0 Å². The molecule has 0 radical (unpaired) electrons. The standard InChI is InChI=1S/C20H26N2O2/c1-5-13-6-9-15(10-7-13)21-19(23)18-16-12-14(20(2,3)4)8-11-17(16)24-22-18/h6-7,9-10,14H,5,8,11-12H2,1-4H3,(H,21,23)/t14-/m0/s1. The van der Waals surface area contributed by atoms with Crippen LogP contribution in [0.2, 0.25) is 0 Å². The second-order valence-electron chi connectivity index (χ2n) is 7.74. The molecule has 0 bridgehead atoms. The Morgan fingerprint density at radius 2 is 2.00 bits per heavy atom. The van der Waals surface area contributed by atoms with Gasteiger partial charge in [0.15, 0.2) is 5.69 Å². The van der Waals surface area contributed by atoms with Crippen LogP contribution in [0.15, 0.2) is 28.8 Å². The Hall–Kier alpha value is -2.10. The van der Waals surface area contributed by atoms with Crippen LogP contribution in [0.5, 0.6) is 0 Å². The number of rotatable bonds is 3.